The summed E-state index contributed by atoms with van der Waals surface area (Å²) in [6, 6.07) is 9.88. The Morgan fingerprint density at radius 2 is 1.85 bits per heavy atom. The summed E-state index contributed by atoms with van der Waals surface area (Å²) in [6.45, 7) is 4.92. The number of carbonyl (C=O) groups excluding carboxylic acids is 1. The van der Waals surface area contributed by atoms with E-state index in [0.29, 0.717) is 18.8 Å². The number of hydrazine groups is 1. The molecule has 0 spiro atoms. The number of carbonyl (C=O) groups is 1. The predicted octanol–water partition coefficient (Wildman–Crippen LogP) is 2.83. The third-order valence-corrected chi connectivity index (χ3v) is 7.02. The number of hydrogen-bond donors (Lipinski definition) is 2. The highest BCUT2D eigenvalue weighted by Crippen LogP contribution is 2.21. The lowest BCUT2D eigenvalue weighted by Crippen LogP contribution is -2.37. The standard InChI is InChI=1S/C18H21N3O3S2/c1-14(17-9-6-12-25-17)19-20-18(22)15-7-5-8-16(13-15)26(23,24)21-10-3-2-4-11-21/h5-9,12-13,19H,1-4,10-11H2,(H,20,22). The van der Waals surface area contributed by atoms with Gasteiger partial charge in [0.1, 0.15) is 0 Å². The van der Waals surface area contributed by atoms with Crippen molar-refractivity contribution in [3.8, 4) is 0 Å². The summed E-state index contributed by atoms with van der Waals surface area (Å²) in [6.07, 6.45) is 2.79. The predicted molar refractivity (Wildman–Crippen MR) is 103 cm³/mol. The molecule has 1 aliphatic rings. The van der Waals surface area contributed by atoms with Crippen LogP contribution in [-0.2, 0) is 10.0 Å². The van der Waals surface area contributed by atoms with Gasteiger partial charge in [0.15, 0.2) is 0 Å². The molecule has 6 nitrogen and oxygen atoms in total. The summed E-state index contributed by atoms with van der Waals surface area (Å²) >= 11 is 1.50. The molecule has 0 unspecified atom stereocenters. The van der Waals surface area contributed by atoms with E-state index >= 15 is 0 Å². The molecule has 26 heavy (non-hydrogen) atoms. The van der Waals surface area contributed by atoms with Crippen LogP contribution in [0.25, 0.3) is 5.70 Å². The molecular weight excluding hydrogens is 370 g/mol. The fourth-order valence-corrected chi connectivity index (χ4v) is 4.99. The van der Waals surface area contributed by atoms with E-state index in [2.05, 4.69) is 17.4 Å². The molecule has 2 aromatic rings. The first-order valence-corrected chi connectivity index (χ1v) is 10.7. The summed E-state index contributed by atoms with van der Waals surface area (Å²) in [4.78, 5) is 13.4. The summed E-state index contributed by atoms with van der Waals surface area (Å²) in [7, 11) is -3.57. The van der Waals surface area contributed by atoms with Crippen molar-refractivity contribution < 1.29 is 13.2 Å². The monoisotopic (exact) mass is 391 g/mol. The molecule has 0 atom stereocenters. The largest absolute Gasteiger partial charge is 0.298 e. The molecule has 0 bridgehead atoms. The van der Waals surface area contributed by atoms with Crippen LogP contribution in [-0.4, -0.2) is 31.7 Å². The van der Waals surface area contributed by atoms with E-state index in [-0.39, 0.29) is 10.5 Å². The first-order valence-electron chi connectivity index (χ1n) is 8.38. The quantitative estimate of drug-likeness (QED) is 0.742. The summed E-state index contributed by atoms with van der Waals surface area (Å²) < 4.78 is 27.0. The molecule has 2 heterocycles. The summed E-state index contributed by atoms with van der Waals surface area (Å²) in [5.74, 6) is -0.418. The number of rotatable bonds is 6. The van der Waals surface area contributed by atoms with Crippen molar-refractivity contribution in [2.75, 3.05) is 13.1 Å². The Morgan fingerprint density at radius 3 is 2.54 bits per heavy atom. The Hall–Kier alpha value is -2.16. The molecular formula is C18H21N3O3S2. The average molecular weight is 392 g/mol. The van der Waals surface area contributed by atoms with Crippen LogP contribution in [0.5, 0.6) is 0 Å². The van der Waals surface area contributed by atoms with Crippen LogP contribution < -0.4 is 10.9 Å². The zero-order valence-electron chi connectivity index (χ0n) is 14.3. The first-order chi connectivity index (χ1) is 12.5. The Bertz CT molecular complexity index is 886. The molecule has 138 valence electrons. The molecule has 3 rings (SSSR count). The first kappa shape index (κ1) is 18.6. The van der Waals surface area contributed by atoms with Gasteiger partial charge in [0.2, 0.25) is 10.0 Å². The number of nitrogens with one attached hydrogen (secondary N) is 2. The van der Waals surface area contributed by atoms with E-state index in [1.54, 1.807) is 12.1 Å². The summed E-state index contributed by atoms with van der Waals surface area (Å²) in [5, 5.41) is 1.92. The third-order valence-electron chi connectivity index (χ3n) is 4.19. The van der Waals surface area contributed by atoms with Crippen LogP contribution in [0.2, 0.25) is 0 Å². The minimum atomic E-state index is -3.57. The van der Waals surface area contributed by atoms with Gasteiger partial charge in [-0.15, -0.1) is 11.3 Å². The molecule has 1 aromatic carbocycles. The Morgan fingerprint density at radius 1 is 1.08 bits per heavy atom. The van der Waals surface area contributed by atoms with Gasteiger partial charge in [0, 0.05) is 18.7 Å². The van der Waals surface area contributed by atoms with Gasteiger partial charge >= 0.3 is 0 Å². The van der Waals surface area contributed by atoms with Crippen molar-refractivity contribution in [3.63, 3.8) is 0 Å². The van der Waals surface area contributed by atoms with E-state index in [4.69, 9.17) is 0 Å². The van der Waals surface area contributed by atoms with E-state index in [9.17, 15) is 13.2 Å². The third kappa shape index (κ3) is 4.14. The second kappa shape index (κ2) is 8.03. The zero-order chi connectivity index (χ0) is 18.6. The maximum absolute atomic E-state index is 12.7. The Kier molecular flexibility index (Phi) is 5.75. The molecule has 2 N–H and O–H groups in total. The minimum absolute atomic E-state index is 0.143. The second-order valence-corrected chi connectivity index (χ2v) is 8.91. The van der Waals surface area contributed by atoms with Crippen molar-refractivity contribution in [2.45, 2.75) is 24.2 Å². The van der Waals surface area contributed by atoms with Crippen molar-refractivity contribution in [3.05, 3.63) is 58.8 Å². The van der Waals surface area contributed by atoms with Crippen LogP contribution in [0.1, 0.15) is 34.5 Å². The van der Waals surface area contributed by atoms with E-state index < -0.39 is 15.9 Å². The number of hydrogen-bond acceptors (Lipinski definition) is 5. The van der Waals surface area contributed by atoms with Crippen LogP contribution in [0.15, 0.2) is 53.3 Å². The Balaban J connectivity index is 1.70. The lowest BCUT2D eigenvalue weighted by Gasteiger charge is -2.26. The van der Waals surface area contributed by atoms with Crippen LogP contribution in [0.4, 0.5) is 0 Å². The molecule has 8 heteroatoms. The normalized spacial score (nSPS) is 15.4. The minimum Gasteiger partial charge on any atom is -0.298 e. The molecule has 0 aliphatic carbocycles. The van der Waals surface area contributed by atoms with Gasteiger partial charge < -0.3 is 0 Å². The molecule has 0 saturated carbocycles. The van der Waals surface area contributed by atoms with Gasteiger partial charge in [0.05, 0.1) is 15.5 Å². The number of nitrogens with zero attached hydrogens (tertiary/aromatic N) is 1. The van der Waals surface area contributed by atoms with Crippen LogP contribution >= 0.6 is 11.3 Å². The average Bonchev–Trinajstić information content (AvgIpc) is 3.21. The van der Waals surface area contributed by atoms with Crippen LogP contribution in [0, 0.1) is 0 Å². The summed E-state index contributed by atoms with van der Waals surface area (Å²) in [5.41, 5.74) is 6.16. The number of sulfonamides is 1. The number of benzene rings is 1. The van der Waals surface area contributed by atoms with E-state index in [1.165, 1.54) is 27.8 Å². The zero-order valence-corrected chi connectivity index (χ0v) is 15.9. The number of piperidine rings is 1. The maximum Gasteiger partial charge on any atom is 0.269 e. The van der Waals surface area contributed by atoms with Crippen LogP contribution in [0.3, 0.4) is 0 Å². The van der Waals surface area contributed by atoms with Crippen molar-refractivity contribution in [1.29, 1.82) is 0 Å². The maximum atomic E-state index is 12.7. The van der Waals surface area contributed by atoms with E-state index in [1.807, 2.05) is 17.5 Å². The molecule has 1 fully saturated rings. The van der Waals surface area contributed by atoms with Gasteiger partial charge in [0.25, 0.3) is 5.91 Å². The fourth-order valence-electron chi connectivity index (χ4n) is 2.77. The molecule has 0 radical (unpaired) electrons. The van der Waals surface area contributed by atoms with Crippen molar-refractivity contribution in [1.82, 2.24) is 15.2 Å². The molecule has 1 saturated heterocycles. The highest BCUT2D eigenvalue weighted by Gasteiger charge is 2.26. The molecule has 1 aliphatic heterocycles. The highest BCUT2D eigenvalue weighted by molar-refractivity contribution is 7.89. The number of amides is 1. The molecule has 1 aromatic heterocycles. The van der Waals surface area contributed by atoms with Crippen molar-refractivity contribution >= 4 is 33.0 Å². The molecule has 1 amide bonds. The van der Waals surface area contributed by atoms with Gasteiger partial charge in [-0.1, -0.05) is 25.1 Å². The lowest BCUT2D eigenvalue weighted by atomic mass is 10.2. The van der Waals surface area contributed by atoms with Gasteiger partial charge in [-0.2, -0.15) is 4.31 Å². The smallest absolute Gasteiger partial charge is 0.269 e. The SMILES string of the molecule is C=C(NNC(=O)c1cccc(S(=O)(=O)N2CCCCC2)c1)c1cccs1. The number of thiophene rings is 1. The second-order valence-electron chi connectivity index (χ2n) is 6.03. The van der Waals surface area contributed by atoms with Crippen molar-refractivity contribution in [2.24, 2.45) is 0 Å². The Labute approximate surface area is 157 Å². The fraction of sp³-hybridized carbons (Fsp3) is 0.278. The highest BCUT2D eigenvalue weighted by atomic mass is 32.2. The van der Waals surface area contributed by atoms with Gasteiger partial charge in [-0.3, -0.25) is 15.6 Å². The van der Waals surface area contributed by atoms with E-state index in [0.717, 1.165) is 24.1 Å². The lowest BCUT2D eigenvalue weighted by molar-refractivity contribution is 0.0942. The topological polar surface area (TPSA) is 78.5 Å². The van der Waals surface area contributed by atoms with Gasteiger partial charge in [-0.05, 0) is 42.5 Å². The van der Waals surface area contributed by atoms with Gasteiger partial charge in [-0.25, -0.2) is 8.42 Å².